The van der Waals surface area contributed by atoms with Crippen LogP contribution < -0.4 is 15.5 Å². The first-order chi connectivity index (χ1) is 16.8. The van der Waals surface area contributed by atoms with E-state index in [1.165, 1.54) is 0 Å². The number of carbonyl (C=O) groups excluding carboxylic acids is 2. The number of hydrogen-bond donors (Lipinski definition) is 2. The zero-order chi connectivity index (χ0) is 24.9. The van der Waals surface area contributed by atoms with Crippen LogP contribution in [0.25, 0.3) is 0 Å². The molecule has 3 aromatic carbocycles. The number of carbonyl (C=O) groups is 2. The van der Waals surface area contributed by atoms with E-state index >= 15 is 0 Å². The van der Waals surface area contributed by atoms with Crippen molar-refractivity contribution >= 4 is 74.7 Å². The van der Waals surface area contributed by atoms with Crippen molar-refractivity contribution < 1.29 is 9.59 Å². The van der Waals surface area contributed by atoms with E-state index in [9.17, 15) is 9.59 Å². The maximum Gasteiger partial charge on any atom is 0.257 e. The molecular formula is C26H24ClIN4O2S. The van der Waals surface area contributed by atoms with Crippen LogP contribution in [0.1, 0.15) is 26.3 Å². The van der Waals surface area contributed by atoms with Gasteiger partial charge >= 0.3 is 0 Å². The number of rotatable bonds is 4. The Hall–Kier alpha value is -2.69. The van der Waals surface area contributed by atoms with Gasteiger partial charge in [-0.25, -0.2) is 0 Å². The van der Waals surface area contributed by atoms with Gasteiger partial charge in [0.25, 0.3) is 11.8 Å². The highest BCUT2D eigenvalue weighted by Gasteiger charge is 2.24. The summed E-state index contributed by atoms with van der Waals surface area (Å²) in [6, 6.07) is 20.5. The quantitative estimate of drug-likeness (QED) is 0.305. The Bertz CT molecular complexity index is 1260. The van der Waals surface area contributed by atoms with E-state index in [1.807, 2.05) is 60.4 Å². The Morgan fingerprint density at radius 1 is 0.971 bits per heavy atom. The lowest BCUT2D eigenvalue weighted by atomic mass is 10.1. The van der Waals surface area contributed by atoms with E-state index in [0.29, 0.717) is 42.5 Å². The van der Waals surface area contributed by atoms with Crippen LogP contribution in [0.2, 0.25) is 5.02 Å². The van der Waals surface area contributed by atoms with Crippen molar-refractivity contribution in [2.75, 3.05) is 36.4 Å². The van der Waals surface area contributed by atoms with E-state index < -0.39 is 0 Å². The van der Waals surface area contributed by atoms with Crippen LogP contribution in [0.5, 0.6) is 0 Å². The van der Waals surface area contributed by atoms with E-state index in [2.05, 4.69) is 38.1 Å². The molecule has 0 unspecified atom stereocenters. The molecule has 3 aromatic rings. The number of benzene rings is 3. The van der Waals surface area contributed by atoms with E-state index in [0.717, 1.165) is 20.4 Å². The number of nitrogens with one attached hydrogen (secondary N) is 2. The minimum Gasteiger partial charge on any atom is -0.367 e. The molecule has 2 N–H and O–H groups in total. The molecule has 9 heteroatoms. The molecule has 0 atom stereocenters. The van der Waals surface area contributed by atoms with Gasteiger partial charge in [-0.1, -0.05) is 29.8 Å². The van der Waals surface area contributed by atoms with Crippen molar-refractivity contribution in [3.05, 3.63) is 92.0 Å². The van der Waals surface area contributed by atoms with Crippen molar-refractivity contribution in [2.45, 2.75) is 6.92 Å². The number of aryl methyl sites for hydroxylation is 1. The van der Waals surface area contributed by atoms with Crippen molar-refractivity contribution in [1.29, 1.82) is 0 Å². The van der Waals surface area contributed by atoms with Crippen LogP contribution in [0.4, 0.5) is 11.4 Å². The molecule has 35 heavy (non-hydrogen) atoms. The van der Waals surface area contributed by atoms with Crippen LogP contribution in [0.3, 0.4) is 0 Å². The number of piperazine rings is 1. The van der Waals surface area contributed by atoms with Crippen LogP contribution in [0.15, 0.2) is 66.7 Å². The molecule has 1 saturated heterocycles. The van der Waals surface area contributed by atoms with Crippen molar-refractivity contribution in [1.82, 2.24) is 10.2 Å². The summed E-state index contributed by atoms with van der Waals surface area (Å²) in [6.07, 6.45) is 0. The highest BCUT2D eigenvalue weighted by Crippen LogP contribution is 2.30. The average Bonchev–Trinajstić information content (AvgIpc) is 2.84. The number of hydrogen-bond acceptors (Lipinski definition) is 4. The second-order valence-corrected chi connectivity index (χ2v) is 10.2. The molecule has 0 spiro atoms. The summed E-state index contributed by atoms with van der Waals surface area (Å²) in [6.45, 7) is 4.58. The van der Waals surface area contributed by atoms with Crippen LogP contribution in [0, 0.1) is 10.5 Å². The maximum atomic E-state index is 12.9. The van der Waals surface area contributed by atoms with Gasteiger partial charge in [-0.15, -0.1) is 0 Å². The smallest absolute Gasteiger partial charge is 0.257 e. The second kappa shape index (κ2) is 11.4. The fourth-order valence-electron chi connectivity index (χ4n) is 3.91. The normalized spacial score (nSPS) is 13.3. The predicted octanol–water partition coefficient (Wildman–Crippen LogP) is 5.34. The first-order valence-corrected chi connectivity index (χ1v) is 13.0. The van der Waals surface area contributed by atoms with E-state index in [-0.39, 0.29) is 16.9 Å². The Kier molecular flexibility index (Phi) is 8.25. The lowest BCUT2D eigenvalue weighted by Crippen LogP contribution is -2.49. The van der Waals surface area contributed by atoms with Gasteiger partial charge in [-0.05, 0) is 95.8 Å². The molecule has 2 amide bonds. The average molecular weight is 619 g/mol. The topological polar surface area (TPSA) is 64.7 Å². The van der Waals surface area contributed by atoms with Crippen LogP contribution in [-0.2, 0) is 0 Å². The monoisotopic (exact) mass is 618 g/mol. The summed E-state index contributed by atoms with van der Waals surface area (Å²) in [5.41, 5.74) is 3.84. The minimum atomic E-state index is -0.278. The summed E-state index contributed by atoms with van der Waals surface area (Å²) in [5, 5.41) is 6.46. The number of thiocarbonyl (C=S) groups is 1. The van der Waals surface area contributed by atoms with E-state index in [4.69, 9.17) is 23.8 Å². The Balaban J connectivity index is 1.33. The predicted molar refractivity (Wildman–Crippen MR) is 154 cm³/mol. The van der Waals surface area contributed by atoms with Gasteiger partial charge in [0.05, 0.1) is 10.7 Å². The Labute approximate surface area is 228 Å². The fraction of sp³-hybridized carbons (Fsp3) is 0.192. The van der Waals surface area contributed by atoms with Gasteiger partial charge < -0.3 is 15.1 Å². The molecule has 4 rings (SSSR count). The van der Waals surface area contributed by atoms with Gasteiger partial charge in [-0.3, -0.25) is 14.9 Å². The first kappa shape index (κ1) is 25.4. The van der Waals surface area contributed by atoms with Crippen molar-refractivity contribution in [3.63, 3.8) is 0 Å². The molecule has 1 fully saturated rings. The van der Waals surface area contributed by atoms with Gasteiger partial charge in [0.15, 0.2) is 5.11 Å². The number of amides is 2. The second-order valence-electron chi connectivity index (χ2n) is 8.18. The van der Waals surface area contributed by atoms with Gasteiger partial charge in [0.2, 0.25) is 0 Å². The SMILES string of the molecule is Cc1ccccc1C(=O)N1CCN(c2ccc(NC(=S)NC(=O)c3ccc(I)cc3)cc2Cl)CC1. The molecule has 0 radical (unpaired) electrons. The largest absolute Gasteiger partial charge is 0.367 e. The summed E-state index contributed by atoms with van der Waals surface area (Å²) in [5.74, 6) is -0.214. The summed E-state index contributed by atoms with van der Waals surface area (Å²) in [7, 11) is 0. The third-order valence-electron chi connectivity index (χ3n) is 5.82. The molecule has 1 aliphatic heterocycles. The highest BCUT2D eigenvalue weighted by atomic mass is 127. The number of nitrogens with zero attached hydrogens (tertiary/aromatic N) is 2. The van der Waals surface area contributed by atoms with Crippen LogP contribution >= 0.6 is 46.4 Å². The third kappa shape index (κ3) is 6.31. The zero-order valence-electron chi connectivity index (χ0n) is 19.1. The molecule has 0 aromatic heterocycles. The molecule has 1 heterocycles. The lowest BCUT2D eigenvalue weighted by Gasteiger charge is -2.36. The minimum absolute atomic E-state index is 0.0641. The Morgan fingerprint density at radius 3 is 2.31 bits per heavy atom. The summed E-state index contributed by atoms with van der Waals surface area (Å²) in [4.78, 5) is 29.3. The molecular weight excluding hydrogens is 595 g/mol. The number of anilines is 2. The molecule has 0 aliphatic carbocycles. The zero-order valence-corrected chi connectivity index (χ0v) is 22.8. The fourth-order valence-corrected chi connectivity index (χ4v) is 4.78. The van der Waals surface area contributed by atoms with Crippen LogP contribution in [-0.4, -0.2) is 48.0 Å². The maximum absolute atomic E-state index is 12.9. The third-order valence-corrected chi connectivity index (χ3v) is 7.05. The molecule has 1 aliphatic rings. The Morgan fingerprint density at radius 2 is 1.66 bits per heavy atom. The van der Waals surface area contributed by atoms with E-state index in [1.54, 1.807) is 18.2 Å². The first-order valence-electron chi connectivity index (χ1n) is 11.1. The number of halogens is 2. The molecule has 0 bridgehead atoms. The molecule has 180 valence electrons. The lowest BCUT2D eigenvalue weighted by molar-refractivity contribution is 0.0746. The van der Waals surface area contributed by atoms with Crippen molar-refractivity contribution in [3.8, 4) is 0 Å². The van der Waals surface area contributed by atoms with Gasteiger partial charge in [0, 0.05) is 46.6 Å². The highest BCUT2D eigenvalue weighted by molar-refractivity contribution is 14.1. The molecule has 6 nitrogen and oxygen atoms in total. The van der Waals surface area contributed by atoms with Gasteiger partial charge in [0.1, 0.15) is 0 Å². The standard InChI is InChI=1S/C26H24ClIN4O2S/c1-17-4-2-3-5-21(17)25(34)32-14-12-31(13-15-32)23-11-10-20(16-22(23)27)29-26(35)30-24(33)18-6-8-19(28)9-7-18/h2-11,16H,12-15H2,1H3,(H2,29,30,33,35). The molecule has 0 saturated carbocycles. The van der Waals surface area contributed by atoms with Gasteiger partial charge in [-0.2, -0.15) is 0 Å². The summed E-state index contributed by atoms with van der Waals surface area (Å²) < 4.78 is 1.05. The summed E-state index contributed by atoms with van der Waals surface area (Å²) >= 11 is 14.1. The van der Waals surface area contributed by atoms with Crippen molar-refractivity contribution in [2.24, 2.45) is 0 Å².